The van der Waals surface area contributed by atoms with Crippen molar-refractivity contribution in [1.29, 1.82) is 0 Å². The second-order valence-electron chi connectivity index (χ2n) is 5.43. The van der Waals surface area contributed by atoms with Gasteiger partial charge in [-0.2, -0.15) is 0 Å². The summed E-state index contributed by atoms with van der Waals surface area (Å²) in [5.74, 6) is 1.61. The van der Waals surface area contributed by atoms with E-state index in [-0.39, 0.29) is 5.91 Å². The predicted octanol–water partition coefficient (Wildman–Crippen LogP) is 3.32. The summed E-state index contributed by atoms with van der Waals surface area (Å²) in [5.41, 5.74) is 2.57. The topological polar surface area (TPSA) is 56.1 Å². The van der Waals surface area contributed by atoms with E-state index in [0.29, 0.717) is 18.5 Å². The Kier molecular flexibility index (Phi) is 4.85. The fourth-order valence-electron chi connectivity index (χ4n) is 2.61. The molecular weight excluding hydrogens is 370 g/mol. The molecule has 6 heteroatoms. The predicted molar refractivity (Wildman–Crippen MR) is 97.4 cm³/mol. The largest absolute Gasteiger partial charge is 0.497 e. The zero-order valence-electron chi connectivity index (χ0n) is 13.5. The van der Waals surface area contributed by atoms with Crippen molar-refractivity contribution in [3.05, 3.63) is 58.3 Å². The number of carbonyl (C=O) groups is 1. The fourth-order valence-corrected chi connectivity index (χ4v) is 3.07. The summed E-state index contributed by atoms with van der Waals surface area (Å²) in [6.45, 7) is 0.522. The standard InChI is InChI=1S/C18H18BrN3O2/c1-22-16-8-7-12(24-2)11-15(16)21-17(22)9-10-20-18(23)13-5-3-4-6-14(13)19/h3-8,11H,9-10H2,1-2H3,(H,20,23). The molecule has 24 heavy (non-hydrogen) atoms. The molecule has 1 aromatic heterocycles. The van der Waals surface area contributed by atoms with Crippen molar-refractivity contribution in [3.8, 4) is 5.75 Å². The van der Waals surface area contributed by atoms with E-state index in [1.165, 1.54) is 0 Å². The highest BCUT2D eigenvalue weighted by Crippen LogP contribution is 2.21. The highest BCUT2D eigenvalue weighted by molar-refractivity contribution is 9.10. The first kappa shape index (κ1) is 16.5. The molecule has 0 radical (unpaired) electrons. The Bertz CT molecular complexity index is 889. The van der Waals surface area contributed by atoms with Gasteiger partial charge < -0.3 is 14.6 Å². The number of fused-ring (bicyclic) bond motifs is 1. The first-order chi connectivity index (χ1) is 11.6. The Morgan fingerprint density at radius 1 is 1.29 bits per heavy atom. The highest BCUT2D eigenvalue weighted by Gasteiger charge is 2.11. The normalized spacial score (nSPS) is 10.8. The van der Waals surface area contributed by atoms with Gasteiger partial charge in [0.25, 0.3) is 5.91 Å². The summed E-state index contributed by atoms with van der Waals surface area (Å²) in [4.78, 5) is 16.8. The average Bonchev–Trinajstić information content (AvgIpc) is 2.90. The number of methoxy groups -OCH3 is 1. The van der Waals surface area contributed by atoms with Crippen molar-refractivity contribution in [2.24, 2.45) is 7.05 Å². The Morgan fingerprint density at radius 2 is 2.08 bits per heavy atom. The van der Waals surface area contributed by atoms with Gasteiger partial charge in [-0.15, -0.1) is 0 Å². The average molecular weight is 388 g/mol. The number of benzene rings is 2. The second-order valence-corrected chi connectivity index (χ2v) is 6.28. The van der Waals surface area contributed by atoms with Gasteiger partial charge in [-0.05, 0) is 40.2 Å². The van der Waals surface area contributed by atoms with Crippen LogP contribution in [0.4, 0.5) is 0 Å². The van der Waals surface area contributed by atoms with Gasteiger partial charge in [0.2, 0.25) is 0 Å². The van der Waals surface area contributed by atoms with Crippen LogP contribution >= 0.6 is 15.9 Å². The minimum Gasteiger partial charge on any atom is -0.497 e. The molecule has 0 bridgehead atoms. The zero-order valence-corrected chi connectivity index (χ0v) is 15.1. The SMILES string of the molecule is COc1ccc2c(c1)nc(CCNC(=O)c1ccccc1Br)n2C. The Morgan fingerprint density at radius 3 is 2.83 bits per heavy atom. The van der Waals surface area contributed by atoms with Gasteiger partial charge in [0, 0.05) is 30.6 Å². The van der Waals surface area contributed by atoms with Crippen LogP contribution in [0.2, 0.25) is 0 Å². The van der Waals surface area contributed by atoms with E-state index in [1.807, 2.05) is 48.0 Å². The maximum absolute atomic E-state index is 12.2. The van der Waals surface area contributed by atoms with Crippen LogP contribution < -0.4 is 10.1 Å². The minimum atomic E-state index is -0.0945. The number of amides is 1. The van der Waals surface area contributed by atoms with Gasteiger partial charge in [-0.1, -0.05) is 12.1 Å². The lowest BCUT2D eigenvalue weighted by Crippen LogP contribution is -2.26. The van der Waals surface area contributed by atoms with E-state index in [0.717, 1.165) is 27.1 Å². The van der Waals surface area contributed by atoms with Crippen LogP contribution in [0.1, 0.15) is 16.2 Å². The third kappa shape index (κ3) is 3.28. The Labute approximate surface area is 148 Å². The van der Waals surface area contributed by atoms with Crippen LogP contribution in [0, 0.1) is 0 Å². The molecule has 1 amide bonds. The summed E-state index contributed by atoms with van der Waals surface area (Å²) in [7, 11) is 3.62. The smallest absolute Gasteiger partial charge is 0.252 e. The summed E-state index contributed by atoms with van der Waals surface area (Å²) in [5, 5.41) is 2.94. The molecule has 3 aromatic rings. The number of nitrogens with zero attached hydrogens (tertiary/aromatic N) is 2. The first-order valence-electron chi connectivity index (χ1n) is 7.62. The first-order valence-corrected chi connectivity index (χ1v) is 8.41. The number of hydrogen-bond acceptors (Lipinski definition) is 3. The number of carbonyl (C=O) groups excluding carboxylic acids is 1. The minimum absolute atomic E-state index is 0.0945. The monoisotopic (exact) mass is 387 g/mol. The molecule has 2 aromatic carbocycles. The van der Waals surface area contributed by atoms with E-state index in [4.69, 9.17) is 4.74 Å². The van der Waals surface area contributed by atoms with E-state index in [2.05, 4.69) is 26.2 Å². The lowest BCUT2D eigenvalue weighted by molar-refractivity contribution is 0.0953. The third-order valence-electron chi connectivity index (χ3n) is 3.93. The molecule has 0 saturated carbocycles. The molecule has 0 fully saturated rings. The summed E-state index contributed by atoms with van der Waals surface area (Å²) in [6, 6.07) is 13.2. The molecule has 124 valence electrons. The van der Waals surface area contributed by atoms with E-state index in [9.17, 15) is 4.79 Å². The lowest BCUT2D eigenvalue weighted by Gasteiger charge is -2.07. The molecule has 5 nitrogen and oxygen atoms in total. The number of nitrogens with one attached hydrogen (secondary N) is 1. The summed E-state index contributed by atoms with van der Waals surface area (Å²) in [6.07, 6.45) is 0.656. The van der Waals surface area contributed by atoms with Gasteiger partial charge >= 0.3 is 0 Å². The fraction of sp³-hybridized carbons (Fsp3) is 0.222. The molecule has 0 aliphatic rings. The number of halogens is 1. The van der Waals surface area contributed by atoms with Crippen molar-refractivity contribution >= 4 is 32.9 Å². The van der Waals surface area contributed by atoms with Crippen molar-refractivity contribution in [2.45, 2.75) is 6.42 Å². The van der Waals surface area contributed by atoms with Crippen LogP contribution in [0.25, 0.3) is 11.0 Å². The molecule has 1 heterocycles. The molecule has 0 spiro atoms. The number of aryl methyl sites for hydroxylation is 1. The molecule has 0 aliphatic heterocycles. The van der Waals surface area contributed by atoms with Crippen molar-refractivity contribution in [3.63, 3.8) is 0 Å². The zero-order chi connectivity index (χ0) is 17.1. The number of aromatic nitrogens is 2. The van der Waals surface area contributed by atoms with E-state index < -0.39 is 0 Å². The maximum atomic E-state index is 12.2. The maximum Gasteiger partial charge on any atom is 0.252 e. The number of rotatable bonds is 5. The molecule has 0 aliphatic carbocycles. The van der Waals surface area contributed by atoms with Crippen LogP contribution in [0.3, 0.4) is 0 Å². The van der Waals surface area contributed by atoms with Crippen LogP contribution in [-0.4, -0.2) is 29.1 Å². The van der Waals surface area contributed by atoms with E-state index >= 15 is 0 Å². The molecule has 0 saturated heterocycles. The number of ether oxygens (including phenoxy) is 1. The molecule has 0 unspecified atom stereocenters. The molecular formula is C18H18BrN3O2. The van der Waals surface area contributed by atoms with Gasteiger partial charge in [-0.3, -0.25) is 4.79 Å². The van der Waals surface area contributed by atoms with Crippen molar-refractivity contribution in [2.75, 3.05) is 13.7 Å². The lowest BCUT2D eigenvalue weighted by atomic mass is 10.2. The van der Waals surface area contributed by atoms with E-state index in [1.54, 1.807) is 13.2 Å². The summed E-state index contributed by atoms with van der Waals surface area (Å²) < 4.78 is 8.06. The van der Waals surface area contributed by atoms with Gasteiger partial charge in [0.15, 0.2) is 0 Å². The third-order valence-corrected chi connectivity index (χ3v) is 4.62. The van der Waals surface area contributed by atoms with Gasteiger partial charge in [0.05, 0.1) is 23.7 Å². The molecule has 3 rings (SSSR count). The van der Waals surface area contributed by atoms with Gasteiger partial charge in [-0.25, -0.2) is 4.98 Å². The van der Waals surface area contributed by atoms with Crippen LogP contribution in [0.15, 0.2) is 46.9 Å². The van der Waals surface area contributed by atoms with Crippen LogP contribution in [0.5, 0.6) is 5.75 Å². The Hall–Kier alpha value is -2.34. The summed E-state index contributed by atoms with van der Waals surface area (Å²) >= 11 is 3.39. The highest BCUT2D eigenvalue weighted by atomic mass is 79.9. The number of hydrogen-bond donors (Lipinski definition) is 1. The van der Waals surface area contributed by atoms with Crippen molar-refractivity contribution in [1.82, 2.24) is 14.9 Å². The molecule has 0 atom stereocenters. The van der Waals surface area contributed by atoms with Crippen LogP contribution in [-0.2, 0) is 13.5 Å². The Balaban J connectivity index is 1.69. The molecule has 1 N–H and O–H groups in total. The quantitative estimate of drug-likeness (QED) is 0.730. The second kappa shape index (κ2) is 7.05. The number of imidazole rings is 1. The van der Waals surface area contributed by atoms with Crippen molar-refractivity contribution < 1.29 is 9.53 Å². The van der Waals surface area contributed by atoms with Gasteiger partial charge in [0.1, 0.15) is 11.6 Å².